The molecule has 19 heavy (non-hydrogen) atoms. The third kappa shape index (κ3) is 5.04. The third-order valence-corrected chi connectivity index (χ3v) is 2.74. The first-order valence-corrected chi connectivity index (χ1v) is 5.96. The number of ether oxygens (including phenoxy) is 1. The van der Waals surface area contributed by atoms with E-state index in [4.69, 9.17) is 4.74 Å². The molecular formula is C14H18F3NO. The lowest BCUT2D eigenvalue weighted by Gasteiger charge is -2.26. The largest absolute Gasteiger partial charge is 0.404 e. The SMILES string of the molecule is C=CCC(NC(COC)c1ccccc1)C(F)(F)F. The van der Waals surface area contributed by atoms with Gasteiger partial charge in [0, 0.05) is 7.11 Å². The molecule has 0 aliphatic heterocycles. The lowest BCUT2D eigenvalue weighted by Crippen LogP contribution is -2.44. The van der Waals surface area contributed by atoms with Crippen LogP contribution in [0.15, 0.2) is 43.0 Å². The molecule has 0 aliphatic carbocycles. The summed E-state index contributed by atoms with van der Waals surface area (Å²) in [6.07, 6.45) is -3.22. The number of benzene rings is 1. The van der Waals surface area contributed by atoms with E-state index in [1.165, 1.54) is 13.2 Å². The Morgan fingerprint density at radius 2 is 1.95 bits per heavy atom. The Labute approximate surface area is 111 Å². The molecule has 0 bridgehead atoms. The number of hydrogen-bond donors (Lipinski definition) is 1. The zero-order valence-corrected chi connectivity index (χ0v) is 10.8. The van der Waals surface area contributed by atoms with E-state index in [-0.39, 0.29) is 13.0 Å². The molecule has 0 heterocycles. The van der Waals surface area contributed by atoms with Crippen LogP contribution in [0.3, 0.4) is 0 Å². The highest BCUT2D eigenvalue weighted by atomic mass is 19.4. The molecule has 2 unspecified atom stereocenters. The maximum Gasteiger partial charge on any atom is 0.404 e. The summed E-state index contributed by atoms with van der Waals surface area (Å²) >= 11 is 0. The highest BCUT2D eigenvalue weighted by molar-refractivity contribution is 5.19. The maximum atomic E-state index is 12.9. The molecule has 1 N–H and O–H groups in total. The lowest BCUT2D eigenvalue weighted by molar-refractivity contribution is -0.157. The Balaban J connectivity index is 2.84. The molecule has 106 valence electrons. The molecule has 0 saturated carbocycles. The number of alkyl halides is 3. The van der Waals surface area contributed by atoms with Gasteiger partial charge in [0.15, 0.2) is 0 Å². The molecule has 2 nitrogen and oxygen atoms in total. The summed E-state index contributed by atoms with van der Waals surface area (Å²) in [6.45, 7) is 3.54. The van der Waals surface area contributed by atoms with Gasteiger partial charge in [-0.1, -0.05) is 36.4 Å². The van der Waals surface area contributed by atoms with Crippen molar-refractivity contribution >= 4 is 0 Å². The normalized spacial score (nSPS) is 14.9. The average Bonchev–Trinajstić information content (AvgIpc) is 2.37. The zero-order valence-electron chi connectivity index (χ0n) is 10.8. The van der Waals surface area contributed by atoms with Gasteiger partial charge in [-0.2, -0.15) is 13.2 Å². The fourth-order valence-electron chi connectivity index (χ4n) is 1.80. The number of hydrogen-bond acceptors (Lipinski definition) is 2. The summed E-state index contributed by atoms with van der Waals surface area (Å²) in [5.74, 6) is 0. The molecule has 1 rings (SSSR count). The van der Waals surface area contributed by atoms with Gasteiger partial charge in [-0.25, -0.2) is 0 Å². The zero-order chi connectivity index (χ0) is 14.3. The van der Waals surface area contributed by atoms with E-state index in [0.717, 1.165) is 5.56 Å². The minimum absolute atomic E-state index is 0.170. The van der Waals surface area contributed by atoms with Gasteiger partial charge in [0.05, 0.1) is 12.6 Å². The van der Waals surface area contributed by atoms with Crippen LogP contribution in [0.1, 0.15) is 18.0 Å². The van der Waals surface area contributed by atoms with Gasteiger partial charge in [-0.15, -0.1) is 6.58 Å². The molecule has 5 heteroatoms. The van der Waals surface area contributed by atoms with Crippen molar-refractivity contribution in [3.63, 3.8) is 0 Å². The van der Waals surface area contributed by atoms with Crippen molar-refractivity contribution in [1.82, 2.24) is 5.32 Å². The molecule has 0 fully saturated rings. The third-order valence-electron chi connectivity index (χ3n) is 2.74. The second-order valence-corrected chi connectivity index (χ2v) is 4.20. The minimum Gasteiger partial charge on any atom is -0.383 e. The quantitative estimate of drug-likeness (QED) is 0.768. The van der Waals surface area contributed by atoms with Crippen molar-refractivity contribution in [3.05, 3.63) is 48.6 Å². The fourth-order valence-corrected chi connectivity index (χ4v) is 1.80. The first-order valence-electron chi connectivity index (χ1n) is 5.96. The monoisotopic (exact) mass is 273 g/mol. The lowest BCUT2D eigenvalue weighted by atomic mass is 10.1. The van der Waals surface area contributed by atoms with Crippen molar-refractivity contribution in [2.24, 2.45) is 0 Å². The number of methoxy groups -OCH3 is 1. The predicted octanol–water partition coefficient (Wildman–Crippen LogP) is 3.47. The van der Waals surface area contributed by atoms with E-state index in [9.17, 15) is 13.2 Å². The predicted molar refractivity (Wildman–Crippen MR) is 68.9 cm³/mol. The Morgan fingerprint density at radius 1 is 1.32 bits per heavy atom. The van der Waals surface area contributed by atoms with E-state index in [2.05, 4.69) is 11.9 Å². The van der Waals surface area contributed by atoms with Gasteiger partial charge < -0.3 is 4.74 Å². The first kappa shape index (κ1) is 15.7. The van der Waals surface area contributed by atoms with E-state index in [1.54, 1.807) is 24.3 Å². The summed E-state index contributed by atoms with van der Waals surface area (Å²) < 4.78 is 43.6. The summed E-state index contributed by atoms with van der Waals surface area (Å²) in [5, 5.41) is 2.59. The van der Waals surface area contributed by atoms with Crippen LogP contribution in [0, 0.1) is 0 Å². The maximum absolute atomic E-state index is 12.9. The standard InChI is InChI=1S/C14H18F3NO/c1-3-7-13(14(15,16)17)18-12(10-19-2)11-8-5-4-6-9-11/h3-6,8-9,12-13,18H,1,7,10H2,2H3. The van der Waals surface area contributed by atoms with Crippen molar-refractivity contribution in [3.8, 4) is 0 Å². The highest BCUT2D eigenvalue weighted by Crippen LogP contribution is 2.26. The van der Waals surface area contributed by atoms with Gasteiger partial charge in [0.2, 0.25) is 0 Å². The van der Waals surface area contributed by atoms with Crippen molar-refractivity contribution in [1.29, 1.82) is 0 Å². The molecule has 0 aromatic heterocycles. The molecule has 1 aromatic carbocycles. The molecule has 1 aromatic rings. The van der Waals surface area contributed by atoms with Crippen LogP contribution in [0.4, 0.5) is 13.2 Å². The van der Waals surface area contributed by atoms with Crippen molar-refractivity contribution < 1.29 is 17.9 Å². The molecule has 2 atom stereocenters. The number of rotatable bonds is 7. The van der Waals surface area contributed by atoms with E-state index >= 15 is 0 Å². The van der Waals surface area contributed by atoms with Gasteiger partial charge in [-0.3, -0.25) is 5.32 Å². The number of nitrogens with one attached hydrogen (secondary N) is 1. The summed E-state index contributed by atoms with van der Waals surface area (Å²) in [6, 6.07) is 6.82. The van der Waals surface area contributed by atoms with Crippen LogP contribution in [0.2, 0.25) is 0 Å². The van der Waals surface area contributed by atoms with Gasteiger partial charge in [-0.05, 0) is 12.0 Å². The Kier molecular flexibility index (Phi) is 6.05. The van der Waals surface area contributed by atoms with Crippen LogP contribution in [-0.4, -0.2) is 25.9 Å². The van der Waals surface area contributed by atoms with Gasteiger partial charge in [0.25, 0.3) is 0 Å². The van der Waals surface area contributed by atoms with Crippen LogP contribution in [-0.2, 0) is 4.74 Å². The Bertz CT molecular complexity index is 378. The second kappa shape index (κ2) is 7.31. The van der Waals surface area contributed by atoms with E-state index in [1.807, 2.05) is 6.07 Å². The van der Waals surface area contributed by atoms with Crippen LogP contribution in [0.25, 0.3) is 0 Å². The van der Waals surface area contributed by atoms with Crippen LogP contribution < -0.4 is 5.32 Å². The molecule has 0 aliphatic rings. The number of halogens is 3. The van der Waals surface area contributed by atoms with Crippen molar-refractivity contribution in [2.75, 3.05) is 13.7 Å². The van der Waals surface area contributed by atoms with Crippen LogP contribution >= 0.6 is 0 Å². The van der Waals surface area contributed by atoms with Crippen LogP contribution in [0.5, 0.6) is 0 Å². The smallest absolute Gasteiger partial charge is 0.383 e. The fraction of sp³-hybridized carbons (Fsp3) is 0.429. The Morgan fingerprint density at radius 3 is 2.42 bits per heavy atom. The van der Waals surface area contributed by atoms with E-state index < -0.39 is 18.3 Å². The summed E-state index contributed by atoms with van der Waals surface area (Å²) in [5.41, 5.74) is 0.766. The summed E-state index contributed by atoms with van der Waals surface area (Å²) in [4.78, 5) is 0. The average molecular weight is 273 g/mol. The van der Waals surface area contributed by atoms with Gasteiger partial charge >= 0.3 is 6.18 Å². The molecule has 0 spiro atoms. The first-order chi connectivity index (χ1) is 8.99. The second-order valence-electron chi connectivity index (χ2n) is 4.20. The van der Waals surface area contributed by atoms with Crippen molar-refractivity contribution in [2.45, 2.75) is 24.7 Å². The van der Waals surface area contributed by atoms with E-state index in [0.29, 0.717) is 0 Å². The summed E-state index contributed by atoms with van der Waals surface area (Å²) in [7, 11) is 1.47. The molecular weight excluding hydrogens is 255 g/mol. The highest BCUT2D eigenvalue weighted by Gasteiger charge is 2.39. The molecule has 0 radical (unpaired) electrons. The molecule has 0 saturated heterocycles. The topological polar surface area (TPSA) is 21.3 Å². The molecule has 0 amide bonds. The van der Waals surface area contributed by atoms with Gasteiger partial charge in [0.1, 0.15) is 6.04 Å². The Hall–Kier alpha value is -1.33. The minimum atomic E-state index is -4.31.